The average Bonchev–Trinajstić information content (AvgIpc) is 2.13. The predicted octanol–water partition coefficient (Wildman–Crippen LogP) is 0.468. The Labute approximate surface area is 117 Å². The van der Waals surface area contributed by atoms with E-state index in [-0.39, 0.29) is 17.2 Å². The highest BCUT2D eigenvalue weighted by Crippen LogP contribution is 2.19. The minimum atomic E-state index is 0. The average molecular weight is 282 g/mol. The first-order valence-electron chi connectivity index (χ1n) is 5.64. The molecule has 0 unspecified atom stereocenters. The van der Waals surface area contributed by atoms with Crippen molar-refractivity contribution in [2.75, 3.05) is 18.8 Å². The van der Waals surface area contributed by atoms with Crippen LogP contribution in [0.25, 0.3) is 0 Å². The molecule has 0 saturated carbocycles. The fourth-order valence-corrected chi connectivity index (χ4v) is 1.67. The Hall–Kier alpha value is -0.320. The summed E-state index contributed by atoms with van der Waals surface area (Å²) in [6.07, 6.45) is 1.89. The zero-order valence-electron chi connectivity index (χ0n) is 11.0. The minimum Gasteiger partial charge on any atom is -1.00 e. The molecule has 0 amide bonds. The van der Waals surface area contributed by atoms with Gasteiger partial charge in [-0.1, -0.05) is 20.1 Å². The SMILES string of the molecule is C=C(C)O[N+](CCC)(CCCS)OC(=C)C.[Cl-]. The molecule has 5 heteroatoms. The molecule has 0 spiro atoms. The number of hydrogen-bond acceptors (Lipinski definition) is 3. The van der Waals surface area contributed by atoms with Crippen molar-refractivity contribution in [3.8, 4) is 0 Å². The number of halogens is 1. The number of hydrogen-bond donors (Lipinski definition) is 1. The van der Waals surface area contributed by atoms with Gasteiger partial charge in [0.25, 0.3) is 0 Å². The molecule has 0 aliphatic rings. The zero-order valence-corrected chi connectivity index (χ0v) is 12.7. The first-order chi connectivity index (χ1) is 7.45. The quantitative estimate of drug-likeness (QED) is 0.287. The topological polar surface area (TPSA) is 18.5 Å². The van der Waals surface area contributed by atoms with Crippen LogP contribution in [0.2, 0.25) is 0 Å². The van der Waals surface area contributed by atoms with Gasteiger partial charge in [-0.3, -0.25) is 9.68 Å². The summed E-state index contributed by atoms with van der Waals surface area (Å²) in [5, 5.41) is 0. The molecule has 0 fully saturated rings. The molecule has 0 saturated heterocycles. The van der Waals surface area contributed by atoms with Crippen LogP contribution in [0.3, 0.4) is 0 Å². The molecule has 17 heavy (non-hydrogen) atoms. The lowest BCUT2D eigenvalue weighted by Crippen LogP contribution is -3.00. The second kappa shape index (κ2) is 9.68. The highest BCUT2D eigenvalue weighted by Gasteiger charge is 2.32. The summed E-state index contributed by atoms with van der Waals surface area (Å²) in [7, 11) is 0. The molecule has 0 aromatic rings. The van der Waals surface area contributed by atoms with E-state index in [1.54, 1.807) is 0 Å². The van der Waals surface area contributed by atoms with Crippen LogP contribution in [0.4, 0.5) is 0 Å². The summed E-state index contributed by atoms with van der Waals surface area (Å²) in [4.78, 5) is 11.5. The van der Waals surface area contributed by atoms with Crippen LogP contribution in [-0.4, -0.2) is 23.7 Å². The van der Waals surface area contributed by atoms with E-state index in [1.165, 1.54) is 0 Å². The van der Waals surface area contributed by atoms with E-state index >= 15 is 0 Å². The number of rotatable bonds is 9. The molecule has 0 atom stereocenters. The van der Waals surface area contributed by atoms with E-state index in [1.807, 2.05) is 13.8 Å². The van der Waals surface area contributed by atoms with E-state index < -0.39 is 0 Å². The maximum atomic E-state index is 5.72. The van der Waals surface area contributed by atoms with E-state index in [9.17, 15) is 0 Å². The standard InChI is InChI=1S/C12H23NO2S.ClH/c1-6-8-13(9-7-10-16,14-11(2)3)15-12(4)5;/h2,4,6-10H2,1,3,5H3;1H. The predicted molar refractivity (Wildman–Crippen MR) is 70.6 cm³/mol. The Balaban J connectivity index is 0. The van der Waals surface area contributed by atoms with E-state index in [0.29, 0.717) is 11.5 Å². The maximum absolute atomic E-state index is 5.72. The maximum Gasteiger partial charge on any atom is 0.162 e. The Bertz CT molecular complexity index is 231. The van der Waals surface area contributed by atoms with E-state index in [4.69, 9.17) is 9.68 Å². The monoisotopic (exact) mass is 281 g/mol. The van der Waals surface area contributed by atoms with Gasteiger partial charge in [0.05, 0.1) is 0 Å². The van der Waals surface area contributed by atoms with Crippen LogP contribution in [0.15, 0.2) is 24.7 Å². The molecule has 0 bridgehead atoms. The van der Waals surface area contributed by atoms with Crippen LogP contribution in [-0.2, 0) is 9.68 Å². The van der Waals surface area contributed by atoms with Crippen LogP contribution in [0, 0.1) is 0 Å². The van der Waals surface area contributed by atoms with Crippen molar-refractivity contribution < 1.29 is 26.9 Å². The Morgan fingerprint density at radius 1 is 1.12 bits per heavy atom. The Morgan fingerprint density at radius 3 is 1.88 bits per heavy atom. The van der Waals surface area contributed by atoms with Gasteiger partial charge in [-0.05, 0) is 19.6 Å². The smallest absolute Gasteiger partial charge is 0.162 e. The molecule has 0 heterocycles. The molecule has 0 aliphatic carbocycles. The fourth-order valence-electron chi connectivity index (χ4n) is 1.53. The van der Waals surface area contributed by atoms with Gasteiger partial charge in [-0.25, -0.2) is 0 Å². The van der Waals surface area contributed by atoms with E-state index in [0.717, 1.165) is 31.7 Å². The lowest BCUT2D eigenvalue weighted by atomic mass is 10.4. The summed E-state index contributed by atoms with van der Waals surface area (Å²) in [6, 6.07) is 0. The highest BCUT2D eigenvalue weighted by molar-refractivity contribution is 7.80. The zero-order chi connectivity index (χ0) is 12.6. The van der Waals surface area contributed by atoms with Gasteiger partial charge < -0.3 is 12.4 Å². The molecule has 102 valence electrons. The third kappa shape index (κ3) is 8.41. The van der Waals surface area contributed by atoms with Gasteiger partial charge in [0, 0.05) is 17.7 Å². The number of thiol groups is 1. The molecular weight excluding hydrogens is 258 g/mol. The van der Waals surface area contributed by atoms with E-state index in [2.05, 4.69) is 32.7 Å². The van der Waals surface area contributed by atoms with Gasteiger partial charge in [0.15, 0.2) is 24.6 Å². The first-order valence-corrected chi connectivity index (χ1v) is 6.27. The third-order valence-corrected chi connectivity index (χ3v) is 2.18. The van der Waals surface area contributed by atoms with Crippen molar-refractivity contribution in [1.29, 1.82) is 0 Å². The summed E-state index contributed by atoms with van der Waals surface area (Å²) >= 11 is 4.22. The number of hydroxylamine groups is 4. The molecule has 0 N–H and O–H groups in total. The lowest BCUT2D eigenvalue weighted by Gasteiger charge is -2.32. The summed E-state index contributed by atoms with van der Waals surface area (Å²) in [5.74, 6) is 2.10. The molecule has 0 aromatic carbocycles. The summed E-state index contributed by atoms with van der Waals surface area (Å²) in [6.45, 7) is 14.8. The fraction of sp³-hybridized carbons (Fsp3) is 0.667. The number of quaternary nitrogens is 1. The van der Waals surface area contributed by atoms with Crippen LogP contribution < -0.4 is 12.4 Å². The minimum absolute atomic E-state index is 0. The van der Waals surface area contributed by atoms with Gasteiger partial charge in [-0.15, -0.1) is 0 Å². The van der Waals surface area contributed by atoms with Crippen molar-refractivity contribution in [3.05, 3.63) is 24.7 Å². The van der Waals surface area contributed by atoms with Gasteiger partial charge >= 0.3 is 0 Å². The van der Waals surface area contributed by atoms with Crippen molar-refractivity contribution in [1.82, 2.24) is 0 Å². The Morgan fingerprint density at radius 2 is 1.59 bits per heavy atom. The van der Waals surface area contributed by atoms with Crippen molar-refractivity contribution in [2.24, 2.45) is 0 Å². The molecule has 3 nitrogen and oxygen atoms in total. The van der Waals surface area contributed by atoms with Gasteiger partial charge in [0.2, 0.25) is 0 Å². The van der Waals surface area contributed by atoms with Crippen molar-refractivity contribution in [3.63, 3.8) is 0 Å². The molecular formula is C12H24ClNO2S. The Kier molecular flexibility index (Phi) is 10.8. The molecule has 0 rings (SSSR count). The third-order valence-electron chi connectivity index (χ3n) is 1.87. The summed E-state index contributed by atoms with van der Waals surface area (Å²) in [5.41, 5.74) is 0. The van der Waals surface area contributed by atoms with Crippen LogP contribution >= 0.6 is 12.6 Å². The normalized spacial score (nSPS) is 10.4. The van der Waals surface area contributed by atoms with Crippen molar-refractivity contribution in [2.45, 2.75) is 33.6 Å². The van der Waals surface area contributed by atoms with Crippen LogP contribution in [0.5, 0.6) is 0 Å². The second-order valence-corrected chi connectivity index (χ2v) is 4.37. The van der Waals surface area contributed by atoms with Gasteiger partial charge in [0.1, 0.15) is 0 Å². The molecule has 0 radical (unpaired) electrons. The summed E-state index contributed by atoms with van der Waals surface area (Å²) < 4.78 is 0. The number of nitrogens with zero attached hydrogens (tertiary/aromatic N) is 1. The van der Waals surface area contributed by atoms with Crippen LogP contribution in [0.1, 0.15) is 33.6 Å². The lowest BCUT2D eigenvalue weighted by molar-refractivity contribution is -1.23. The molecule has 0 aliphatic heterocycles. The largest absolute Gasteiger partial charge is 1.00 e. The number of allylic oxidation sites excluding steroid dienone is 2. The highest BCUT2D eigenvalue weighted by atomic mass is 35.5. The second-order valence-electron chi connectivity index (χ2n) is 3.93. The van der Waals surface area contributed by atoms with Gasteiger partial charge in [-0.2, -0.15) is 12.6 Å². The van der Waals surface area contributed by atoms with Crippen molar-refractivity contribution >= 4 is 12.6 Å². The first kappa shape index (κ1) is 19.0. The molecule has 0 aromatic heterocycles.